The maximum Gasteiger partial charge on any atom is 0.259 e. The Labute approximate surface area is 160 Å². The molecule has 0 unspecified atom stereocenters. The number of rotatable bonds is 4. The number of furan rings is 1. The normalized spacial score (nSPS) is 12.5. The number of fused-ring (bicyclic) bond motifs is 1. The number of hydrogen-bond acceptors (Lipinski definition) is 8. The van der Waals surface area contributed by atoms with Crippen molar-refractivity contribution in [2.24, 2.45) is 0 Å². The Hall–Kier alpha value is -3.49. The first-order valence-electron chi connectivity index (χ1n) is 8.79. The number of carbonyl (C=O) groups is 1. The molecule has 4 aromatic rings. The van der Waals surface area contributed by atoms with Gasteiger partial charge in [0.2, 0.25) is 5.89 Å². The number of hydrogen-bond donors (Lipinski definition) is 1. The second kappa shape index (κ2) is 6.59. The zero-order valence-corrected chi connectivity index (χ0v) is 16.2. The number of carbonyl (C=O) groups excluding carboxylic acids is 1. The van der Waals surface area contributed by atoms with E-state index in [2.05, 4.69) is 25.6 Å². The molecule has 0 aromatic carbocycles. The minimum Gasteiger partial charge on any atom is -0.466 e. The predicted octanol–water partition coefficient (Wildman–Crippen LogP) is 3.59. The van der Waals surface area contributed by atoms with Crippen LogP contribution < -0.4 is 5.32 Å². The van der Waals surface area contributed by atoms with Crippen molar-refractivity contribution in [3.63, 3.8) is 0 Å². The molecule has 0 saturated heterocycles. The van der Waals surface area contributed by atoms with E-state index in [0.717, 1.165) is 11.3 Å². The molecule has 1 N–H and O–H groups in total. The van der Waals surface area contributed by atoms with Crippen molar-refractivity contribution >= 4 is 17.0 Å². The van der Waals surface area contributed by atoms with Crippen LogP contribution in [0.2, 0.25) is 0 Å². The van der Waals surface area contributed by atoms with Crippen LogP contribution in [0.15, 0.2) is 25.6 Å². The van der Waals surface area contributed by atoms with Gasteiger partial charge in [0, 0.05) is 5.56 Å². The van der Waals surface area contributed by atoms with E-state index in [1.807, 2.05) is 19.9 Å². The number of nitrogens with one attached hydrogen (secondary N) is 1. The molecule has 4 rings (SSSR count). The second-order valence-electron chi connectivity index (χ2n) is 6.71. The van der Waals surface area contributed by atoms with Gasteiger partial charge in [-0.15, -0.1) is 0 Å². The third-order valence-electron chi connectivity index (χ3n) is 4.44. The van der Waals surface area contributed by atoms with Crippen LogP contribution in [0.25, 0.3) is 22.4 Å². The summed E-state index contributed by atoms with van der Waals surface area (Å²) in [6, 6.07) is 3.13. The first-order valence-corrected chi connectivity index (χ1v) is 8.79. The summed E-state index contributed by atoms with van der Waals surface area (Å²) in [7, 11) is 0. The lowest BCUT2D eigenvalue weighted by Crippen LogP contribution is -2.27. The van der Waals surface area contributed by atoms with Gasteiger partial charge in [-0.25, -0.2) is 4.98 Å². The summed E-state index contributed by atoms with van der Waals surface area (Å²) in [5.74, 6) is 1.99. The first-order chi connectivity index (χ1) is 13.3. The molecule has 0 fully saturated rings. The first kappa shape index (κ1) is 17.9. The molecule has 28 heavy (non-hydrogen) atoms. The fourth-order valence-electron chi connectivity index (χ4n) is 3.12. The number of nitrogens with zero attached hydrogens (tertiary/aromatic N) is 4. The topological polar surface area (TPSA) is 120 Å². The van der Waals surface area contributed by atoms with Crippen LogP contribution >= 0.6 is 0 Å². The van der Waals surface area contributed by atoms with Crippen molar-refractivity contribution in [3.05, 3.63) is 46.6 Å². The average molecular weight is 381 g/mol. The molecule has 0 radical (unpaired) electrons. The standard InChI is InChI=1S/C19H19N5O4/c1-8-6-13(11(4)26-8)15-7-14(16-9(2)23-28-19(16)22-15)17(25)20-10(3)18-21-12(5)24-27-18/h6-7,10H,1-5H3,(H,20,25)/t10-/m0/s1. The maximum atomic E-state index is 13.1. The summed E-state index contributed by atoms with van der Waals surface area (Å²) >= 11 is 0. The molecule has 0 bridgehead atoms. The molecule has 9 nitrogen and oxygen atoms in total. The van der Waals surface area contributed by atoms with Crippen LogP contribution in [0.4, 0.5) is 0 Å². The number of aryl methyl sites for hydroxylation is 4. The zero-order valence-electron chi connectivity index (χ0n) is 16.2. The van der Waals surface area contributed by atoms with Gasteiger partial charge >= 0.3 is 0 Å². The highest BCUT2D eigenvalue weighted by Crippen LogP contribution is 2.30. The van der Waals surface area contributed by atoms with Gasteiger partial charge < -0.3 is 18.8 Å². The van der Waals surface area contributed by atoms with Gasteiger partial charge in [0.05, 0.1) is 22.3 Å². The second-order valence-corrected chi connectivity index (χ2v) is 6.71. The molecule has 0 aliphatic rings. The van der Waals surface area contributed by atoms with Gasteiger partial charge in [-0.05, 0) is 46.8 Å². The summed E-state index contributed by atoms with van der Waals surface area (Å²) in [4.78, 5) is 21.7. The SMILES string of the molecule is Cc1noc([C@H](C)NC(=O)c2cc(-c3cc(C)oc3C)nc3onc(C)c23)n1. The van der Waals surface area contributed by atoms with Gasteiger partial charge in [0.25, 0.3) is 11.6 Å². The molecule has 1 atom stereocenters. The lowest BCUT2D eigenvalue weighted by molar-refractivity contribution is 0.0934. The van der Waals surface area contributed by atoms with Crippen molar-refractivity contribution in [1.82, 2.24) is 25.6 Å². The quantitative estimate of drug-likeness (QED) is 0.569. The Morgan fingerprint density at radius 3 is 2.50 bits per heavy atom. The largest absolute Gasteiger partial charge is 0.466 e. The highest BCUT2D eigenvalue weighted by Gasteiger charge is 2.23. The van der Waals surface area contributed by atoms with Crippen LogP contribution in [0.3, 0.4) is 0 Å². The van der Waals surface area contributed by atoms with Crippen molar-refractivity contribution in [1.29, 1.82) is 0 Å². The third kappa shape index (κ3) is 3.04. The van der Waals surface area contributed by atoms with Crippen molar-refractivity contribution in [2.75, 3.05) is 0 Å². The molecule has 9 heteroatoms. The Kier molecular flexibility index (Phi) is 4.21. The summed E-state index contributed by atoms with van der Waals surface area (Å²) < 4.78 is 16.1. The minimum atomic E-state index is -0.460. The van der Waals surface area contributed by atoms with Gasteiger partial charge in [-0.2, -0.15) is 4.98 Å². The minimum absolute atomic E-state index is 0.291. The van der Waals surface area contributed by atoms with Crippen LogP contribution in [-0.2, 0) is 0 Å². The molecular formula is C19H19N5O4. The van der Waals surface area contributed by atoms with E-state index in [0.29, 0.717) is 45.5 Å². The Balaban J connectivity index is 1.77. The molecule has 0 saturated carbocycles. The molecule has 4 heterocycles. The summed E-state index contributed by atoms with van der Waals surface area (Å²) in [6.45, 7) is 8.96. The Morgan fingerprint density at radius 2 is 1.86 bits per heavy atom. The van der Waals surface area contributed by atoms with E-state index < -0.39 is 6.04 Å². The smallest absolute Gasteiger partial charge is 0.259 e. The van der Waals surface area contributed by atoms with Crippen molar-refractivity contribution < 1.29 is 18.3 Å². The van der Waals surface area contributed by atoms with Crippen LogP contribution in [-0.4, -0.2) is 26.2 Å². The number of amides is 1. The van der Waals surface area contributed by atoms with Gasteiger partial charge in [-0.3, -0.25) is 4.79 Å². The molecule has 0 aliphatic carbocycles. The molecular weight excluding hydrogens is 362 g/mol. The zero-order chi connectivity index (χ0) is 20.0. The molecule has 4 aromatic heterocycles. The highest BCUT2D eigenvalue weighted by atomic mass is 16.5. The van der Waals surface area contributed by atoms with Crippen molar-refractivity contribution in [3.8, 4) is 11.3 Å². The average Bonchev–Trinajstić information content (AvgIpc) is 3.33. The summed E-state index contributed by atoms with van der Waals surface area (Å²) in [5, 5.41) is 11.2. The number of aromatic nitrogens is 4. The van der Waals surface area contributed by atoms with E-state index in [-0.39, 0.29) is 5.91 Å². The summed E-state index contributed by atoms with van der Waals surface area (Å²) in [5.41, 5.74) is 2.65. The molecule has 0 spiro atoms. The molecule has 1 amide bonds. The summed E-state index contributed by atoms with van der Waals surface area (Å²) in [6.07, 6.45) is 0. The lowest BCUT2D eigenvalue weighted by Gasteiger charge is -2.11. The Morgan fingerprint density at radius 1 is 1.07 bits per heavy atom. The van der Waals surface area contributed by atoms with Crippen LogP contribution in [0, 0.1) is 27.7 Å². The fourth-order valence-corrected chi connectivity index (χ4v) is 3.12. The lowest BCUT2D eigenvalue weighted by atomic mass is 10.0. The van der Waals surface area contributed by atoms with Gasteiger partial charge in [0.15, 0.2) is 5.82 Å². The Bertz CT molecular complexity index is 1190. The van der Waals surface area contributed by atoms with E-state index >= 15 is 0 Å². The van der Waals surface area contributed by atoms with E-state index in [4.69, 9.17) is 13.5 Å². The maximum absolute atomic E-state index is 13.1. The molecule has 0 aliphatic heterocycles. The third-order valence-corrected chi connectivity index (χ3v) is 4.44. The van der Waals surface area contributed by atoms with E-state index in [9.17, 15) is 4.79 Å². The van der Waals surface area contributed by atoms with Crippen molar-refractivity contribution in [2.45, 2.75) is 40.7 Å². The van der Waals surface area contributed by atoms with Crippen LogP contribution in [0.5, 0.6) is 0 Å². The van der Waals surface area contributed by atoms with Gasteiger partial charge in [0.1, 0.15) is 17.6 Å². The fraction of sp³-hybridized carbons (Fsp3) is 0.316. The predicted molar refractivity (Wildman–Crippen MR) is 98.6 cm³/mol. The number of pyridine rings is 1. The monoisotopic (exact) mass is 381 g/mol. The molecule has 144 valence electrons. The van der Waals surface area contributed by atoms with E-state index in [1.165, 1.54) is 0 Å². The van der Waals surface area contributed by atoms with Gasteiger partial charge in [-0.1, -0.05) is 10.3 Å². The van der Waals surface area contributed by atoms with Crippen LogP contribution in [0.1, 0.15) is 52.3 Å². The highest BCUT2D eigenvalue weighted by molar-refractivity contribution is 6.07. The van der Waals surface area contributed by atoms with E-state index in [1.54, 1.807) is 26.8 Å².